The molecular formula is C24H25N5O5S2. The van der Waals surface area contributed by atoms with Gasteiger partial charge >= 0.3 is 6.09 Å². The first-order valence-corrected chi connectivity index (χ1v) is 13.6. The third-order valence-corrected chi connectivity index (χ3v) is 9.13. The fourth-order valence-corrected chi connectivity index (χ4v) is 6.98. The minimum Gasteiger partial charge on any atom is -0.443 e. The topological polar surface area (TPSA) is 115 Å². The van der Waals surface area contributed by atoms with Crippen molar-refractivity contribution in [2.45, 2.75) is 37.1 Å². The first-order chi connectivity index (χ1) is 17.0. The van der Waals surface area contributed by atoms with Crippen molar-refractivity contribution in [2.24, 2.45) is 0 Å². The van der Waals surface area contributed by atoms with Gasteiger partial charge in [-0.15, -0.1) is 11.3 Å². The average molecular weight is 528 g/mol. The number of carbonyl (C=O) groups is 2. The molecule has 1 aliphatic rings. The summed E-state index contributed by atoms with van der Waals surface area (Å²) in [5, 5.41) is 0.741. The van der Waals surface area contributed by atoms with Gasteiger partial charge in [-0.05, 0) is 51.1 Å². The molecule has 0 spiro atoms. The number of ether oxygens (including phenoxy) is 1. The summed E-state index contributed by atoms with van der Waals surface area (Å²) in [5.74, 6) is -0.344. The van der Waals surface area contributed by atoms with Crippen molar-refractivity contribution in [3.63, 3.8) is 0 Å². The molecule has 10 nitrogen and oxygen atoms in total. The molecule has 12 heteroatoms. The van der Waals surface area contributed by atoms with Gasteiger partial charge in [0.1, 0.15) is 9.81 Å². The van der Waals surface area contributed by atoms with Gasteiger partial charge in [-0.1, -0.05) is 0 Å². The van der Waals surface area contributed by atoms with E-state index in [1.807, 2.05) is 6.07 Å². The number of carbonyl (C=O) groups excluding carboxylic acids is 2. The maximum absolute atomic E-state index is 13.2. The molecule has 188 valence electrons. The molecular weight excluding hydrogens is 502 g/mol. The van der Waals surface area contributed by atoms with Crippen LogP contribution in [0.25, 0.3) is 21.1 Å². The predicted molar refractivity (Wildman–Crippen MR) is 135 cm³/mol. The van der Waals surface area contributed by atoms with Gasteiger partial charge in [0.25, 0.3) is 10.0 Å². The number of fused-ring (bicyclic) bond motifs is 2. The van der Waals surface area contributed by atoms with Crippen LogP contribution in [0.4, 0.5) is 4.79 Å². The number of hydrogen-bond donors (Lipinski definition) is 0. The Hall–Kier alpha value is -3.35. The molecule has 0 saturated carbocycles. The fourth-order valence-electron chi connectivity index (χ4n) is 4.11. The van der Waals surface area contributed by atoms with Crippen molar-refractivity contribution in [1.82, 2.24) is 23.7 Å². The fraction of sp³-hybridized carbons (Fsp3) is 0.333. The zero-order chi connectivity index (χ0) is 25.7. The summed E-state index contributed by atoms with van der Waals surface area (Å²) in [6, 6.07) is 8.62. The van der Waals surface area contributed by atoms with Crippen molar-refractivity contribution in [1.29, 1.82) is 0 Å². The summed E-state index contributed by atoms with van der Waals surface area (Å²) in [7, 11) is -3.84. The number of hydrogen-bond acceptors (Lipinski definition) is 8. The van der Waals surface area contributed by atoms with E-state index in [4.69, 9.17) is 4.74 Å². The molecule has 0 unspecified atom stereocenters. The smallest absolute Gasteiger partial charge is 0.419 e. The third kappa shape index (κ3) is 4.59. The molecule has 5 rings (SSSR count). The average Bonchev–Trinajstić information content (AvgIpc) is 3.41. The summed E-state index contributed by atoms with van der Waals surface area (Å²) in [4.78, 5) is 36.0. The van der Waals surface area contributed by atoms with Crippen LogP contribution in [0.2, 0.25) is 0 Å². The maximum atomic E-state index is 13.2. The van der Waals surface area contributed by atoms with Gasteiger partial charge in [0.05, 0.1) is 28.8 Å². The monoisotopic (exact) mass is 527 g/mol. The Morgan fingerprint density at radius 2 is 1.97 bits per heavy atom. The number of nitrogens with zero attached hydrogens (tertiary/aromatic N) is 5. The van der Waals surface area contributed by atoms with Gasteiger partial charge in [-0.25, -0.2) is 17.8 Å². The standard InChI is InChI=1S/C24H25N5O5S2/c1-24(2,3)34-23(31)29-17(11-16-13-25-8-6-19(16)29)14-27-9-10-28(15-21(27)30)36(32,33)22-12-18-20(35-22)5-4-7-26-18/h4-8,11-13H,9-10,14-15H2,1-3H3. The van der Waals surface area contributed by atoms with Crippen LogP contribution < -0.4 is 0 Å². The number of sulfonamides is 1. The van der Waals surface area contributed by atoms with Gasteiger partial charge in [0.15, 0.2) is 0 Å². The van der Waals surface area contributed by atoms with E-state index in [0.29, 0.717) is 16.7 Å². The van der Waals surface area contributed by atoms with Gasteiger partial charge in [0.2, 0.25) is 5.91 Å². The van der Waals surface area contributed by atoms with E-state index in [9.17, 15) is 18.0 Å². The minimum absolute atomic E-state index is 0.132. The van der Waals surface area contributed by atoms with Crippen LogP contribution in [0.3, 0.4) is 0 Å². The lowest BCUT2D eigenvalue weighted by Gasteiger charge is -2.33. The Balaban J connectivity index is 1.37. The molecule has 4 aromatic rings. The zero-order valence-corrected chi connectivity index (χ0v) is 21.7. The highest BCUT2D eigenvalue weighted by atomic mass is 32.2. The zero-order valence-electron chi connectivity index (χ0n) is 20.0. The van der Waals surface area contributed by atoms with E-state index in [1.165, 1.54) is 8.87 Å². The summed E-state index contributed by atoms with van der Waals surface area (Å²) in [6.07, 6.45) is 4.29. The molecule has 0 N–H and O–H groups in total. The maximum Gasteiger partial charge on any atom is 0.419 e. The van der Waals surface area contributed by atoms with E-state index < -0.39 is 21.7 Å². The van der Waals surface area contributed by atoms with Crippen molar-refractivity contribution in [3.8, 4) is 0 Å². The second kappa shape index (κ2) is 8.95. The Morgan fingerprint density at radius 1 is 1.17 bits per heavy atom. The SMILES string of the molecule is CC(C)(C)OC(=O)n1c(CN2CCN(S(=O)(=O)c3cc4ncccc4s3)CC2=O)cc2cnccc21. The Kier molecular flexibility index (Phi) is 6.05. The molecule has 1 aliphatic heterocycles. The molecule has 4 aromatic heterocycles. The van der Waals surface area contributed by atoms with Crippen molar-refractivity contribution in [3.05, 3.63) is 54.6 Å². The molecule has 0 bridgehead atoms. The van der Waals surface area contributed by atoms with E-state index in [1.54, 1.807) is 68.5 Å². The number of piperazine rings is 1. The van der Waals surface area contributed by atoms with Crippen LogP contribution in [0, 0.1) is 0 Å². The van der Waals surface area contributed by atoms with Crippen LogP contribution in [0.15, 0.2) is 53.1 Å². The van der Waals surface area contributed by atoms with Gasteiger partial charge in [-0.3, -0.25) is 14.8 Å². The first-order valence-electron chi connectivity index (χ1n) is 11.3. The molecule has 0 atom stereocenters. The lowest BCUT2D eigenvalue weighted by Crippen LogP contribution is -2.51. The van der Waals surface area contributed by atoms with Crippen LogP contribution in [0.1, 0.15) is 26.5 Å². The van der Waals surface area contributed by atoms with Crippen LogP contribution in [0.5, 0.6) is 0 Å². The van der Waals surface area contributed by atoms with Gasteiger partial charge in [-0.2, -0.15) is 4.31 Å². The lowest BCUT2D eigenvalue weighted by atomic mass is 10.2. The quantitative estimate of drug-likeness (QED) is 0.399. The first kappa shape index (κ1) is 24.3. The second-order valence-electron chi connectivity index (χ2n) is 9.49. The van der Waals surface area contributed by atoms with Crippen LogP contribution >= 0.6 is 11.3 Å². The summed E-state index contributed by atoms with van der Waals surface area (Å²) in [6.45, 7) is 5.54. The number of amides is 1. The predicted octanol–water partition coefficient (Wildman–Crippen LogP) is 3.46. The van der Waals surface area contributed by atoms with Gasteiger partial charge in [0, 0.05) is 42.8 Å². The van der Waals surface area contributed by atoms with Crippen molar-refractivity contribution in [2.75, 3.05) is 19.6 Å². The molecule has 0 radical (unpaired) electrons. The third-order valence-electron chi connectivity index (χ3n) is 5.75. The normalized spacial score (nSPS) is 15.6. The van der Waals surface area contributed by atoms with E-state index in [2.05, 4.69) is 9.97 Å². The number of rotatable bonds is 4. The van der Waals surface area contributed by atoms with Crippen LogP contribution in [-0.2, 0) is 26.1 Å². The lowest BCUT2D eigenvalue weighted by molar-refractivity contribution is -0.134. The highest BCUT2D eigenvalue weighted by Crippen LogP contribution is 2.30. The minimum atomic E-state index is -3.84. The molecule has 1 saturated heterocycles. The Bertz CT molecular complexity index is 1550. The van der Waals surface area contributed by atoms with Crippen molar-refractivity contribution < 1.29 is 22.7 Å². The summed E-state index contributed by atoms with van der Waals surface area (Å²) < 4.78 is 35.6. The number of pyridine rings is 2. The summed E-state index contributed by atoms with van der Waals surface area (Å²) in [5.41, 5.74) is 1.10. The highest BCUT2D eigenvalue weighted by Gasteiger charge is 2.35. The summed E-state index contributed by atoms with van der Waals surface area (Å²) >= 11 is 1.14. The highest BCUT2D eigenvalue weighted by molar-refractivity contribution is 7.91. The molecule has 0 aromatic carbocycles. The second-order valence-corrected chi connectivity index (χ2v) is 12.7. The molecule has 36 heavy (non-hydrogen) atoms. The van der Waals surface area contributed by atoms with E-state index in [0.717, 1.165) is 21.4 Å². The largest absolute Gasteiger partial charge is 0.443 e. The molecule has 0 aliphatic carbocycles. The molecule has 1 fully saturated rings. The van der Waals surface area contributed by atoms with Gasteiger partial charge < -0.3 is 9.64 Å². The number of aromatic nitrogens is 3. The Labute approximate surface area is 212 Å². The van der Waals surface area contributed by atoms with Crippen molar-refractivity contribution >= 4 is 54.5 Å². The molecule has 5 heterocycles. The molecule has 1 amide bonds. The number of thiophene rings is 1. The Morgan fingerprint density at radius 3 is 2.69 bits per heavy atom. The van der Waals surface area contributed by atoms with Crippen LogP contribution in [-0.4, -0.2) is 69.4 Å². The van der Waals surface area contributed by atoms with E-state index >= 15 is 0 Å². The van der Waals surface area contributed by atoms with E-state index in [-0.39, 0.29) is 36.3 Å².